The molecule has 1 N–H and O–H groups in total. The number of hydrogen-bond donors (Lipinski definition) is 1. The normalized spacial score (nSPS) is 39.8. The van der Waals surface area contributed by atoms with Crippen LogP contribution in [0, 0.1) is 5.92 Å². The van der Waals surface area contributed by atoms with Gasteiger partial charge in [0, 0.05) is 13.1 Å². The van der Waals surface area contributed by atoms with Crippen LogP contribution in [0.3, 0.4) is 0 Å². The molecule has 0 spiro atoms. The van der Waals surface area contributed by atoms with Gasteiger partial charge in [0.05, 0.1) is 12.0 Å². The average molecular weight is 186 g/mol. The molecule has 2 aliphatic heterocycles. The van der Waals surface area contributed by atoms with Gasteiger partial charge in [0.1, 0.15) is 6.61 Å². The minimum atomic E-state index is -2.59. The lowest BCUT2D eigenvalue weighted by Crippen LogP contribution is -2.30. The third kappa shape index (κ3) is 1.35. The molecule has 5 heteroatoms. The summed E-state index contributed by atoms with van der Waals surface area (Å²) < 4.78 is 30.3. The highest BCUT2D eigenvalue weighted by Gasteiger charge is 2.53. The van der Waals surface area contributed by atoms with E-state index in [4.69, 9.17) is 4.74 Å². The van der Waals surface area contributed by atoms with Gasteiger partial charge in [-0.3, -0.25) is 0 Å². The van der Waals surface area contributed by atoms with E-state index in [0.29, 0.717) is 13.1 Å². The van der Waals surface area contributed by atoms with Gasteiger partial charge in [-0.05, 0) is 0 Å². The molecule has 11 heavy (non-hydrogen) atoms. The van der Waals surface area contributed by atoms with Crippen LogP contribution in [-0.4, -0.2) is 31.7 Å². The van der Waals surface area contributed by atoms with Crippen LogP contribution in [0.1, 0.15) is 0 Å². The monoisotopic (exact) mass is 185 g/mol. The summed E-state index contributed by atoms with van der Waals surface area (Å²) in [5.41, 5.74) is 0. The van der Waals surface area contributed by atoms with E-state index < -0.39 is 11.8 Å². The highest BCUT2D eigenvalue weighted by atomic mass is 35.5. The molecule has 0 aromatic heterocycles. The Morgan fingerprint density at radius 1 is 1.36 bits per heavy atom. The minimum Gasteiger partial charge on any atom is -0.370 e. The average Bonchev–Trinajstić information content (AvgIpc) is 2.36. The quantitative estimate of drug-likeness (QED) is 0.599. The first-order chi connectivity index (χ1) is 4.70. The van der Waals surface area contributed by atoms with Crippen molar-refractivity contribution >= 4 is 12.4 Å². The minimum absolute atomic E-state index is 0. The van der Waals surface area contributed by atoms with Crippen LogP contribution in [0.2, 0.25) is 0 Å². The maximum absolute atomic E-state index is 12.7. The fourth-order valence-corrected chi connectivity index (χ4v) is 1.58. The van der Waals surface area contributed by atoms with Gasteiger partial charge in [-0.15, -0.1) is 12.4 Å². The Morgan fingerprint density at radius 2 is 2.09 bits per heavy atom. The maximum Gasteiger partial charge on any atom is 0.277 e. The Labute approximate surface area is 69.7 Å². The van der Waals surface area contributed by atoms with E-state index in [1.807, 2.05) is 0 Å². The molecule has 0 saturated carbocycles. The molecular formula is C6H10ClF2NO. The number of fused-ring (bicyclic) bond motifs is 1. The van der Waals surface area contributed by atoms with Crippen molar-refractivity contribution in [2.45, 2.75) is 12.0 Å². The van der Waals surface area contributed by atoms with Gasteiger partial charge in [-0.2, -0.15) is 0 Å². The van der Waals surface area contributed by atoms with Crippen LogP contribution >= 0.6 is 12.4 Å². The van der Waals surface area contributed by atoms with E-state index >= 15 is 0 Å². The fourth-order valence-electron chi connectivity index (χ4n) is 1.58. The molecule has 0 aromatic rings. The lowest BCUT2D eigenvalue weighted by molar-refractivity contribution is -0.0356. The highest BCUT2D eigenvalue weighted by molar-refractivity contribution is 5.85. The van der Waals surface area contributed by atoms with Crippen LogP contribution in [0.5, 0.6) is 0 Å². The first-order valence-electron chi connectivity index (χ1n) is 3.40. The Bertz CT molecular complexity index is 156. The van der Waals surface area contributed by atoms with Crippen LogP contribution in [-0.2, 0) is 4.74 Å². The molecular weight excluding hydrogens is 176 g/mol. The first kappa shape index (κ1) is 9.16. The van der Waals surface area contributed by atoms with Crippen molar-refractivity contribution in [3.63, 3.8) is 0 Å². The van der Waals surface area contributed by atoms with E-state index in [1.165, 1.54) is 0 Å². The second-order valence-electron chi connectivity index (χ2n) is 2.88. The van der Waals surface area contributed by atoms with Crippen molar-refractivity contribution in [3.05, 3.63) is 0 Å². The molecule has 0 aliphatic carbocycles. The van der Waals surface area contributed by atoms with Crippen molar-refractivity contribution in [3.8, 4) is 0 Å². The van der Waals surface area contributed by atoms with Gasteiger partial charge in [-0.25, -0.2) is 8.78 Å². The summed E-state index contributed by atoms with van der Waals surface area (Å²) in [5, 5.41) is 2.87. The third-order valence-corrected chi connectivity index (χ3v) is 2.19. The Hall–Kier alpha value is 0.0700. The number of nitrogens with one attached hydrogen (secondary N) is 1. The standard InChI is InChI=1S/C6H9F2NO.ClH/c7-6(8)3-10-5-2-9-1-4(5)6;/h4-5,9H,1-3H2;1H/t4-,5-;/m0./s1. The SMILES string of the molecule is Cl.FC1(F)CO[C@H]2CNC[C@@H]21. The molecule has 2 rings (SSSR count). The van der Waals surface area contributed by atoms with Crippen molar-refractivity contribution in [1.29, 1.82) is 0 Å². The Balaban J connectivity index is 0.000000605. The molecule has 0 radical (unpaired) electrons. The number of alkyl halides is 2. The second kappa shape index (κ2) is 2.84. The van der Waals surface area contributed by atoms with Crippen LogP contribution in [0.15, 0.2) is 0 Å². The summed E-state index contributed by atoms with van der Waals surface area (Å²) in [5.74, 6) is -3.17. The number of halogens is 3. The maximum atomic E-state index is 12.7. The lowest BCUT2D eigenvalue weighted by Gasteiger charge is -2.12. The van der Waals surface area contributed by atoms with Crippen LogP contribution in [0.4, 0.5) is 8.78 Å². The number of ether oxygens (including phenoxy) is 1. The molecule has 66 valence electrons. The van der Waals surface area contributed by atoms with Gasteiger partial charge in [0.15, 0.2) is 0 Å². The summed E-state index contributed by atoms with van der Waals surface area (Å²) in [7, 11) is 0. The molecule has 2 heterocycles. The molecule has 0 aromatic carbocycles. The molecule has 2 fully saturated rings. The van der Waals surface area contributed by atoms with Crippen LogP contribution < -0.4 is 5.32 Å². The largest absolute Gasteiger partial charge is 0.370 e. The van der Waals surface area contributed by atoms with E-state index in [2.05, 4.69) is 5.32 Å². The molecule has 0 amide bonds. The van der Waals surface area contributed by atoms with E-state index in [9.17, 15) is 8.78 Å². The van der Waals surface area contributed by atoms with Gasteiger partial charge < -0.3 is 10.1 Å². The zero-order valence-electron chi connectivity index (χ0n) is 5.85. The molecule has 0 unspecified atom stereocenters. The summed E-state index contributed by atoms with van der Waals surface area (Å²) in [6.45, 7) is 0.599. The van der Waals surface area contributed by atoms with E-state index in [-0.39, 0.29) is 25.1 Å². The summed E-state index contributed by atoms with van der Waals surface area (Å²) in [4.78, 5) is 0. The summed E-state index contributed by atoms with van der Waals surface area (Å²) in [6, 6.07) is 0. The fraction of sp³-hybridized carbons (Fsp3) is 1.00. The Kier molecular flexibility index (Phi) is 2.37. The van der Waals surface area contributed by atoms with Crippen molar-refractivity contribution < 1.29 is 13.5 Å². The zero-order valence-corrected chi connectivity index (χ0v) is 6.66. The number of hydrogen-bond acceptors (Lipinski definition) is 2. The molecule has 0 bridgehead atoms. The molecule has 2 atom stereocenters. The second-order valence-corrected chi connectivity index (χ2v) is 2.88. The number of rotatable bonds is 0. The van der Waals surface area contributed by atoms with Crippen molar-refractivity contribution in [2.24, 2.45) is 5.92 Å². The predicted octanol–water partition coefficient (Wildman–Crippen LogP) is 0.662. The van der Waals surface area contributed by atoms with Gasteiger partial charge >= 0.3 is 0 Å². The van der Waals surface area contributed by atoms with Gasteiger partial charge in [0.25, 0.3) is 5.92 Å². The van der Waals surface area contributed by atoms with E-state index in [0.717, 1.165) is 0 Å². The van der Waals surface area contributed by atoms with E-state index in [1.54, 1.807) is 0 Å². The Morgan fingerprint density at radius 3 is 2.73 bits per heavy atom. The smallest absolute Gasteiger partial charge is 0.277 e. The molecule has 2 nitrogen and oxygen atoms in total. The molecule has 2 saturated heterocycles. The highest BCUT2D eigenvalue weighted by Crippen LogP contribution is 2.37. The first-order valence-corrected chi connectivity index (χ1v) is 3.40. The lowest BCUT2D eigenvalue weighted by atomic mass is 10.0. The van der Waals surface area contributed by atoms with Crippen molar-refractivity contribution in [1.82, 2.24) is 5.32 Å². The molecule has 2 aliphatic rings. The van der Waals surface area contributed by atoms with Crippen LogP contribution in [0.25, 0.3) is 0 Å². The summed E-state index contributed by atoms with van der Waals surface area (Å²) in [6.07, 6.45) is -0.241. The summed E-state index contributed by atoms with van der Waals surface area (Å²) >= 11 is 0. The topological polar surface area (TPSA) is 21.3 Å². The zero-order chi connectivity index (χ0) is 7.19. The third-order valence-electron chi connectivity index (χ3n) is 2.19. The van der Waals surface area contributed by atoms with Crippen molar-refractivity contribution in [2.75, 3.05) is 19.7 Å². The predicted molar refractivity (Wildman–Crippen MR) is 38.3 cm³/mol. The van der Waals surface area contributed by atoms with Gasteiger partial charge in [0.2, 0.25) is 0 Å². The van der Waals surface area contributed by atoms with Gasteiger partial charge in [-0.1, -0.05) is 0 Å².